The van der Waals surface area contributed by atoms with E-state index in [-0.39, 0.29) is 0 Å². The van der Waals surface area contributed by atoms with Gasteiger partial charge in [0.2, 0.25) is 0 Å². The molecule has 0 radical (unpaired) electrons. The van der Waals surface area contributed by atoms with Gasteiger partial charge in [0.25, 0.3) is 0 Å². The quantitative estimate of drug-likeness (QED) is 0.307. The zero-order valence-electron chi connectivity index (χ0n) is 14.5. The first kappa shape index (κ1) is 19.4. The van der Waals surface area contributed by atoms with Gasteiger partial charge in [-0.25, -0.2) is 0 Å². The van der Waals surface area contributed by atoms with Crippen LogP contribution < -0.4 is 0 Å². The van der Waals surface area contributed by atoms with E-state index < -0.39 is 16.4 Å². The van der Waals surface area contributed by atoms with Gasteiger partial charge >= 0.3 is 0 Å². The average Bonchev–Trinajstić information content (AvgIpc) is 2.23. The highest BCUT2D eigenvalue weighted by Crippen LogP contribution is 2.21. The fraction of sp³-hybridized carbons (Fsp3) is 1.00. The van der Waals surface area contributed by atoms with Crippen LogP contribution >= 0.6 is 0 Å². The van der Waals surface area contributed by atoms with Gasteiger partial charge in [-0.2, -0.15) is 0 Å². The lowest BCUT2D eigenvalue weighted by Crippen LogP contribution is -2.40. The number of hydrogen-bond acceptors (Lipinski definition) is 1. The molecule has 0 aliphatic rings. The second-order valence-corrected chi connectivity index (χ2v) is 18.2. The minimum absolute atomic E-state index is 0.950. The SMILES string of the molecule is CCCCCCCCCCO[Si](C)(C)C[Si](C)(C)C. The molecule has 0 aliphatic heterocycles. The molecule has 0 aromatic carbocycles. The minimum Gasteiger partial charge on any atom is -0.418 e. The van der Waals surface area contributed by atoms with E-state index in [2.05, 4.69) is 39.7 Å². The Bertz CT molecular complexity index is 209. The van der Waals surface area contributed by atoms with E-state index in [0.29, 0.717) is 0 Å². The van der Waals surface area contributed by atoms with Crippen LogP contribution in [-0.2, 0) is 4.43 Å². The normalized spacial score (nSPS) is 12.9. The Morgan fingerprint density at radius 2 is 1.16 bits per heavy atom. The van der Waals surface area contributed by atoms with Crippen LogP contribution in [0, 0.1) is 0 Å². The van der Waals surface area contributed by atoms with Crippen LogP contribution in [0.15, 0.2) is 0 Å². The van der Waals surface area contributed by atoms with Crippen molar-refractivity contribution < 1.29 is 4.43 Å². The third-order valence-electron chi connectivity index (χ3n) is 3.45. The lowest BCUT2D eigenvalue weighted by Gasteiger charge is -2.29. The summed E-state index contributed by atoms with van der Waals surface area (Å²) in [4.78, 5) is 0. The summed E-state index contributed by atoms with van der Waals surface area (Å²) in [6.45, 7) is 15.5. The molecule has 0 saturated heterocycles. The molecule has 0 bridgehead atoms. The molecule has 0 rings (SSSR count). The molecule has 116 valence electrons. The number of hydrogen-bond donors (Lipinski definition) is 0. The first-order chi connectivity index (χ1) is 8.77. The summed E-state index contributed by atoms with van der Waals surface area (Å²) in [5.41, 5.74) is 1.40. The first-order valence-electron chi connectivity index (χ1n) is 8.41. The summed E-state index contributed by atoms with van der Waals surface area (Å²) >= 11 is 0. The molecule has 0 atom stereocenters. The molecule has 0 N–H and O–H groups in total. The minimum atomic E-state index is -1.36. The van der Waals surface area contributed by atoms with E-state index >= 15 is 0 Å². The highest BCUT2D eigenvalue weighted by molar-refractivity contribution is 6.92. The van der Waals surface area contributed by atoms with Crippen LogP contribution in [0.3, 0.4) is 0 Å². The van der Waals surface area contributed by atoms with E-state index in [4.69, 9.17) is 4.43 Å². The lowest BCUT2D eigenvalue weighted by molar-refractivity contribution is 0.296. The Labute approximate surface area is 124 Å². The van der Waals surface area contributed by atoms with Crippen molar-refractivity contribution in [2.24, 2.45) is 0 Å². The Kier molecular flexibility index (Phi) is 10.4. The largest absolute Gasteiger partial charge is 0.418 e. The summed E-state index contributed by atoms with van der Waals surface area (Å²) in [5.74, 6) is 0. The topological polar surface area (TPSA) is 9.23 Å². The molecule has 19 heavy (non-hydrogen) atoms. The van der Waals surface area contributed by atoms with Crippen molar-refractivity contribution in [3.8, 4) is 0 Å². The molecule has 0 aromatic heterocycles. The van der Waals surface area contributed by atoms with Crippen molar-refractivity contribution in [3.63, 3.8) is 0 Å². The van der Waals surface area contributed by atoms with Crippen LogP contribution in [0.25, 0.3) is 0 Å². The van der Waals surface area contributed by atoms with Crippen LogP contribution in [0.5, 0.6) is 0 Å². The van der Waals surface area contributed by atoms with Crippen LogP contribution in [0.2, 0.25) is 38.4 Å². The second-order valence-electron chi connectivity index (χ2n) is 7.82. The average molecular weight is 303 g/mol. The molecule has 0 spiro atoms. The summed E-state index contributed by atoms with van der Waals surface area (Å²) in [6, 6.07) is 0. The summed E-state index contributed by atoms with van der Waals surface area (Å²) < 4.78 is 6.22. The van der Waals surface area contributed by atoms with E-state index in [1.807, 2.05) is 0 Å². The van der Waals surface area contributed by atoms with E-state index in [1.54, 1.807) is 0 Å². The van der Waals surface area contributed by atoms with Crippen molar-refractivity contribution in [3.05, 3.63) is 0 Å². The molecule has 0 unspecified atom stereocenters. The molecule has 0 aliphatic carbocycles. The Hall–Kier alpha value is 0.394. The molecule has 0 saturated carbocycles. The van der Waals surface area contributed by atoms with Crippen LogP contribution in [0.4, 0.5) is 0 Å². The summed E-state index contributed by atoms with van der Waals surface area (Å²) in [6.07, 6.45) is 11.1. The van der Waals surface area contributed by atoms with Gasteiger partial charge in [0, 0.05) is 14.7 Å². The van der Waals surface area contributed by atoms with Gasteiger partial charge in [0.1, 0.15) is 0 Å². The third-order valence-corrected chi connectivity index (χ3v) is 12.1. The molecule has 0 amide bonds. The maximum absolute atomic E-state index is 6.22. The molecule has 1 nitrogen and oxygen atoms in total. The van der Waals surface area contributed by atoms with Gasteiger partial charge in [0.05, 0.1) is 0 Å². The van der Waals surface area contributed by atoms with Gasteiger partial charge in [-0.05, 0) is 25.2 Å². The highest BCUT2D eigenvalue weighted by atomic mass is 28.4. The van der Waals surface area contributed by atoms with Crippen molar-refractivity contribution in [1.82, 2.24) is 0 Å². The molecular formula is C16H38OSi2. The van der Waals surface area contributed by atoms with Crippen molar-refractivity contribution in [2.45, 2.75) is 96.7 Å². The summed E-state index contributed by atoms with van der Waals surface area (Å²) in [5, 5.41) is 0. The fourth-order valence-electron chi connectivity index (χ4n) is 2.91. The van der Waals surface area contributed by atoms with Crippen molar-refractivity contribution in [1.29, 1.82) is 0 Å². The van der Waals surface area contributed by atoms with Crippen molar-refractivity contribution in [2.75, 3.05) is 6.61 Å². The zero-order valence-corrected chi connectivity index (χ0v) is 16.5. The van der Waals surface area contributed by atoms with Gasteiger partial charge in [-0.15, -0.1) is 0 Å². The first-order valence-corrected chi connectivity index (χ1v) is 15.2. The Morgan fingerprint density at radius 3 is 1.63 bits per heavy atom. The predicted molar refractivity (Wildman–Crippen MR) is 94.2 cm³/mol. The molecule has 0 aromatic rings. The van der Waals surface area contributed by atoms with E-state index in [0.717, 1.165) is 6.61 Å². The predicted octanol–water partition coefficient (Wildman–Crippen LogP) is 6.23. The Balaban J connectivity index is 3.43. The third kappa shape index (κ3) is 14.6. The van der Waals surface area contributed by atoms with Crippen LogP contribution in [0.1, 0.15) is 58.3 Å². The number of rotatable bonds is 12. The van der Waals surface area contributed by atoms with E-state index in [9.17, 15) is 0 Å². The maximum atomic E-state index is 6.22. The standard InChI is InChI=1S/C16H38OSi2/c1-7-8-9-10-11-12-13-14-15-17-19(5,6)16-18(2,3)4/h7-16H2,1-6H3. The second kappa shape index (κ2) is 10.2. The summed E-state index contributed by atoms with van der Waals surface area (Å²) in [7, 11) is -2.31. The van der Waals surface area contributed by atoms with Gasteiger partial charge in [0.15, 0.2) is 8.32 Å². The van der Waals surface area contributed by atoms with E-state index in [1.165, 1.54) is 57.0 Å². The number of unbranched alkanes of at least 4 members (excludes halogenated alkanes) is 7. The van der Waals surface area contributed by atoms with Crippen molar-refractivity contribution >= 4 is 16.4 Å². The monoisotopic (exact) mass is 302 g/mol. The zero-order chi connectivity index (χ0) is 14.8. The van der Waals surface area contributed by atoms with Crippen LogP contribution in [-0.4, -0.2) is 23.0 Å². The fourth-order valence-corrected chi connectivity index (χ4v) is 14.2. The molecule has 0 fully saturated rings. The molecule has 3 heteroatoms. The highest BCUT2D eigenvalue weighted by Gasteiger charge is 2.29. The lowest BCUT2D eigenvalue weighted by atomic mass is 10.1. The maximum Gasteiger partial charge on any atom is 0.184 e. The van der Waals surface area contributed by atoms with Gasteiger partial charge in [-0.1, -0.05) is 71.5 Å². The molecule has 0 heterocycles. The van der Waals surface area contributed by atoms with Gasteiger partial charge < -0.3 is 4.43 Å². The Morgan fingerprint density at radius 1 is 0.684 bits per heavy atom. The smallest absolute Gasteiger partial charge is 0.184 e. The van der Waals surface area contributed by atoms with Gasteiger partial charge in [-0.3, -0.25) is 0 Å². The molecular weight excluding hydrogens is 264 g/mol.